The Morgan fingerprint density at radius 2 is 1.96 bits per heavy atom. The van der Waals surface area contributed by atoms with Gasteiger partial charge in [0.2, 0.25) is 0 Å². The van der Waals surface area contributed by atoms with Gasteiger partial charge in [-0.05, 0) is 57.0 Å². The van der Waals surface area contributed by atoms with Crippen LogP contribution in [0.3, 0.4) is 0 Å². The van der Waals surface area contributed by atoms with Crippen molar-refractivity contribution in [2.75, 3.05) is 11.9 Å². The molecule has 1 amide bonds. The summed E-state index contributed by atoms with van der Waals surface area (Å²) in [5, 5.41) is 3.43. The van der Waals surface area contributed by atoms with Crippen LogP contribution in [0, 0.1) is 20.8 Å². The first-order valence-electron chi connectivity index (χ1n) is 7.29. The van der Waals surface area contributed by atoms with Gasteiger partial charge in [0.1, 0.15) is 5.69 Å². The Morgan fingerprint density at radius 3 is 2.57 bits per heavy atom. The lowest BCUT2D eigenvalue weighted by molar-refractivity contribution is 0.0525. The van der Waals surface area contributed by atoms with Gasteiger partial charge in [-0.3, -0.25) is 4.79 Å². The van der Waals surface area contributed by atoms with E-state index in [0.717, 1.165) is 5.56 Å². The van der Waals surface area contributed by atoms with Crippen LogP contribution in [-0.2, 0) is 4.74 Å². The van der Waals surface area contributed by atoms with Gasteiger partial charge in [0.15, 0.2) is 0 Å². The molecule has 0 aliphatic heterocycles. The molecule has 2 rings (SSSR count). The zero-order valence-corrected chi connectivity index (χ0v) is 14.3. The molecule has 0 spiro atoms. The number of aromatic amines is 1. The SMILES string of the molecule is CCOC(=O)c1c(C)[nH]c(C(=O)Nc2ccc(Cl)cc2C)c1C. The molecule has 0 bridgehead atoms. The highest BCUT2D eigenvalue weighted by molar-refractivity contribution is 6.30. The average molecular weight is 335 g/mol. The van der Waals surface area contributed by atoms with E-state index in [1.165, 1.54) is 0 Å². The largest absolute Gasteiger partial charge is 0.462 e. The number of hydrogen-bond acceptors (Lipinski definition) is 3. The van der Waals surface area contributed by atoms with Gasteiger partial charge >= 0.3 is 5.97 Å². The molecule has 23 heavy (non-hydrogen) atoms. The minimum Gasteiger partial charge on any atom is -0.462 e. The number of aryl methyl sites for hydroxylation is 2. The van der Waals surface area contributed by atoms with Crippen molar-refractivity contribution < 1.29 is 14.3 Å². The number of ether oxygens (including phenoxy) is 1. The molecule has 0 aliphatic carbocycles. The van der Waals surface area contributed by atoms with Crippen molar-refractivity contribution in [1.29, 1.82) is 0 Å². The van der Waals surface area contributed by atoms with Crippen LogP contribution in [0.4, 0.5) is 5.69 Å². The monoisotopic (exact) mass is 334 g/mol. The number of halogens is 1. The number of amides is 1. The fourth-order valence-electron chi connectivity index (χ4n) is 2.44. The molecule has 0 saturated heterocycles. The summed E-state index contributed by atoms with van der Waals surface area (Å²) in [4.78, 5) is 27.4. The van der Waals surface area contributed by atoms with Crippen LogP contribution in [0.15, 0.2) is 18.2 Å². The maximum Gasteiger partial charge on any atom is 0.340 e. The Labute approximate surface area is 140 Å². The molecular weight excluding hydrogens is 316 g/mol. The standard InChI is InChI=1S/C17H19ClN2O3/c1-5-23-17(22)14-10(3)15(19-11(14)4)16(21)20-13-7-6-12(18)8-9(13)2/h6-8,19H,5H2,1-4H3,(H,20,21). The van der Waals surface area contributed by atoms with Crippen LogP contribution in [0.25, 0.3) is 0 Å². The van der Waals surface area contributed by atoms with Gasteiger partial charge < -0.3 is 15.0 Å². The van der Waals surface area contributed by atoms with Crippen LogP contribution in [0.1, 0.15) is 44.6 Å². The highest BCUT2D eigenvalue weighted by atomic mass is 35.5. The Bertz CT molecular complexity index is 765. The first kappa shape index (κ1) is 17.1. The number of anilines is 1. The lowest BCUT2D eigenvalue weighted by atomic mass is 10.1. The van der Waals surface area contributed by atoms with E-state index in [-0.39, 0.29) is 12.5 Å². The third-order valence-corrected chi connectivity index (χ3v) is 3.82. The lowest BCUT2D eigenvalue weighted by Crippen LogP contribution is -2.15. The van der Waals surface area contributed by atoms with Gasteiger partial charge in [-0.25, -0.2) is 4.79 Å². The van der Waals surface area contributed by atoms with E-state index in [2.05, 4.69) is 10.3 Å². The fraction of sp³-hybridized carbons (Fsp3) is 0.294. The summed E-state index contributed by atoms with van der Waals surface area (Å²) in [7, 11) is 0. The first-order chi connectivity index (χ1) is 10.8. The molecule has 0 atom stereocenters. The summed E-state index contributed by atoms with van der Waals surface area (Å²) >= 11 is 5.91. The minimum absolute atomic E-state index is 0.286. The lowest BCUT2D eigenvalue weighted by Gasteiger charge is -2.08. The number of aromatic nitrogens is 1. The minimum atomic E-state index is -0.430. The van der Waals surface area contributed by atoms with E-state index in [0.29, 0.717) is 33.2 Å². The second-order valence-corrected chi connectivity index (χ2v) is 5.70. The summed E-state index contributed by atoms with van der Waals surface area (Å²) in [6, 6.07) is 5.22. The Balaban J connectivity index is 2.30. The van der Waals surface area contributed by atoms with Crippen molar-refractivity contribution in [3.63, 3.8) is 0 Å². The highest BCUT2D eigenvalue weighted by Gasteiger charge is 2.23. The van der Waals surface area contributed by atoms with Crippen LogP contribution >= 0.6 is 11.6 Å². The van der Waals surface area contributed by atoms with Crippen molar-refractivity contribution >= 4 is 29.2 Å². The molecule has 0 saturated carbocycles. The second kappa shape index (κ2) is 6.87. The topological polar surface area (TPSA) is 71.2 Å². The quantitative estimate of drug-likeness (QED) is 0.829. The Hall–Kier alpha value is -2.27. The van der Waals surface area contributed by atoms with Crippen LogP contribution in [0.5, 0.6) is 0 Å². The van der Waals surface area contributed by atoms with Gasteiger partial charge in [-0.1, -0.05) is 11.6 Å². The summed E-state index contributed by atoms with van der Waals surface area (Å²) in [5.41, 5.74) is 3.47. The van der Waals surface area contributed by atoms with Crippen LogP contribution in [-0.4, -0.2) is 23.5 Å². The van der Waals surface area contributed by atoms with Crippen molar-refractivity contribution in [1.82, 2.24) is 4.98 Å². The zero-order chi connectivity index (χ0) is 17.1. The van der Waals surface area contributed by atoms with E-state index < -0.39 is 5.97 Å². The molecule has 0 radical (unpaired) electrons. The number of H-pyrrole nitrogens is 1. The molecule has 1 aromatic carbocycles. The van der Waals surface area contributed by atoms with Crippen molar-refractivity contribution in [2.45, 2.75) is 27.7 Å². The smallest absolute Gasteiger partial charge is 0.340 e. The molecule has 1 aromatic heterocycles. The number of nitrogens with one attached hydrogen (secondary N) is 2. The third-order valence-electron chi connectivity index (χ3n) is 3.58. The molecule has 122 valence electrons. The summed E-state index contributed by atoms with van der Waals surface area (Å²) < 4.78 is 5.03. The van der Waals surface area contributed by atoms with E-state index in [9.17, 15) is 9.59 Å². The summed E-state index contributed by atoms with van der Waals surface area (Å²) in [6.45, 7) is 7.35. The molecule has 2 aromatic rings. The number of rotatable bonds is 4. The van der Waals surface area contributed by atoms with Gasteiger partial charge in [0, 0.05) is 16.4 Å². The number of benzene rings is 1. The predicted octanol–water partition coefficient (Wildman–Crippen LogP) is 4.02. The summed E-state index contributed by atoms with van der Waals surface area (Å²) in [6.07, 6.45) is 0. The van der Waals surface area contributed by atoms with Crippen molar-refractivity contribution in [3.05, 3.63) is 51.3 Å². The van der Waals surface area contributed by atoms with Gasteiger partial charge in [-0.2, -0.15) is 0 Å². The second-order valence-electron chi connectivity index (χ2n) is 5.26. The van der Waals surface area contributed by atoms with Crippen molar-refractivity contribution in [2.24, 2.45) is 0 Å². The first-order valence-corrected chi connectivity index (χ1v) is 7.66. The zero-order valence-electron chi connectivity index (χ0n) is 13.5. The maximum atomic E-state index is 12.5. The molecule has 0 unspecified atom stereocenters. The number of carbonyl (C=O) groups excluding carboxylic acids is 2. The van der Waals surface area contributed by atoms with Crippen LogP contribution in [0.2, 0.25) is 5.02 Å². The van der Waals surface area contributed by atoms with E-state index in [4.69, 9.17) is 16.3 Å². The number of esters is 1. The molecule has 2 N–H and O–H groups in total. The van der Waals surface area contributed by atoms with Gasteiger partial charge in [0.25, 0.3) is 5.91 Å². The maximum absolute atomic E-state index is 12.5. The normalized spacial score (nSPS) is 10.5. The van der Waals surface area contributed by atoms with E-state index in [1.807, 2.05) is 6.92 Å². The molecular formula is C17H19ClN2O3. The summed E-state index contributed by atoms with van der Waals surface area (Å²) in [5.74, 6) is -0.743. The third kappa shape index (κ3) is 3.56. The molecule has 0 aliphatic rings. The van der Waals surface area contributed by atoms with E-state index in [1.54, 1.807) is 39.0 Å². The highest BCUT2D eigenvalue weighted by Crippen LogP contribution is 2.23. The molecule has 5 nitrogen and oxygen atoms in total. The predicted molar refractivity (Wildman–Crippen MR) is 90.4 cm³/mol. The van der Waals surface area contributed by atoms with Gasteiger partial charge in [0.05, 0.1) is 12.2 Å². The van der Waals surface area contributed by atoms with Crippen LogP contribution < -0.4 is 5.32 Å². The Kier molecular flexibility index (Phi) is 5.11. The number of carbonyl (C=O) groups is 2. The molecule has 1 heterocycles. The number of hydrogen-bond donors (Lipinski definition) is 2. The molecule has 6 heteroatoms. The Morgan fingerprint density at radius 1 is 1.26 bits per heavy atom. The average Bonchev–Trinajstić information content (AvgIpc) is 2.77. The van der Waals surface area contributed by atoms with Crippen molar-refractivity contribution in [3.8, 4) is 0 Å². The van der Waals surface area contributed by atoms with Gasteiger partial charge in [-0.15, -0.1) is 0 Å². The molecule has 0 fully saturated rings. The van der Waals surface area contributed by atoms with E-state index >= 15 is 0 Å². The fourth-order valence-corrected chi connectivity index (χ4v) is 2.67.